The predicted molar refractivity (Wildman–Crippen MR) is 121 cm³/mol. The smallest absolute Gasteiger partial charge is 0.349 e. The number of anilines is 2. The number of rotatable bonds is 6. The summed E-state index contributed by atoms with van der Waals surface area (Å²) in [5.74, 6) is -0.0510. The SMILES string of the molecule is COc1ccc(NS(=O)(=O)c2ccc(NC(=O)c3cc4ccccc4oc3=O)cc2)cc1. The molecule has 3 aromatic carbocycles. The summed E-state index contributed by atoms with van der Waals surface area (Å²) in [7, 11) is -2.31. The third-order valence-electron chi connectivity index (χ3n) is 4.65. The zero-order valence-corrected chi connectivity index (χ0v) is 17.7. The van der Waals surface area contributed by atoms with Crippen molar-refractivity contribution in [1.29, 1.82) is 0 Å². The van der Waals surface area contributed by atoms with E-state index in [0.29, 0.717) is 28.1 Å². The van der Waals surface area contributed by atoms with Crippen LogP contribution in [0, 0.1) is 0 Å². The van der Waals surface area contributed by atoms with Crippen LogP contribution in [0.3, 0.4) is 0 Å². The van der Waals surface area contributed by atoms with Gasteiger partial charge in [-0.25, -0.2) is 13.2 Å². The number of benzene rings is 3. The van der Waals surface area contributed by atoms with Crippen LogP contribution in [0.15, 0.2) is 93.0 Å². The van der Waals surface area contributed by atoms with Gasteiger partial charge in [-0.2, -0.15) is 0 Å². The third kappa shape index (κ3) is 4.47. The second kappa shape index (κ2) is 8.56. The van der Waals surface area contributed by atoms with Crippen molar-refractivity contribution in [2.45, 2.75) is 4.90 Å². The van der Waals surface area contributed by atoms with Gasteiger partial charge in [0, 0.05) is 16.8 Å². The second-order valence-corrected chi connectivity index (χ2v) is 8.48. The highest BCUT2D eigenvalue weighted by Crippen LogP contribution is 2.21. The largest absolute Gasteiger partial charge is 0.497 e. The molecule has 0 unspecified atom stereocenters. The fourth-order valence-electron chi connectivity index (χ4n) is 3.01. The Morgan fingerprint density at radius 2 is 1.56 bits per heavy atom. The van der Waals surface area contributed by atoms with Crippen LogP contribution in [0.5, 0.6) is 5.75 Å². The van der Waals surface area contributed by atoms with E-state index in [1.165, 1.54) is 37.4 Å². The van der Waals surface area contributed by atoms with Crippen molar-refractivity contribution in [3.05, 3.63) is 94.8 Å². The monoisotopic (exact) mass is 450 g/mol. The number of hydrogen-bond donors (Lipinski definition) is 2. The number of fused-ring (bicyclic) bond motifs is 1. The standard InChI is InChI=1S/C23H18N2O6S/c1-30-18-10-6-17(7-11-18)25-32(28,29)19-12-8-16(9-13-19)24-22(26)20-14-15-4-2-3-5-21(15)31-23(20)27/h2-14,25H,1H3,(H,24,26). The van der Waals surface area contributed by atoms with E-state index < -0.39 is 21.6 Å². The van der Waals surface area contributed by atoms with Crippen LogP contribution < -0.4 is 20.4 Å². The van der Waals surface area contributed by atoms with Gasteiger partial charge in [0.05, 0.1) is 12.0 Å². The van der Waals surface area contributed by atoms with Crippen molar-refractivity contribution in [2.75, 3.05) is 17.1 Å². The molecule has 2 N–H and O–H groups in total. The summed E-state index contributed by atoms with van der Waals surface area (Å²) < 4.78 is 37.9. The molecule has 4 rings (SSSR count). The fourth-order valence-corrected chi connectivity index (χ4v) is 4.07. The average molecular weight is 450 g/mol. The van der Waals surface area contributed by atoms with E-state index in [9.17, 15) is 18.0 Å². The Balaban J connectivity index is 1.50. The number of carbonyl (C=O) groups excluding carboxylic acids is 1. The number of carbonyl (C=O) groups is 1. The van der Waals surface area contributed by atoms with Gasteiger partial charge in [-0.3, -0.25) is 9.52 Å². The number of methoxy groups -OCH3 is 1. The van der Waals surface area contributed by atoms with Crippen molar-refractivity contribution in [1.82, 2.24) is 0 Å². The molecule has 1 aromatic heterocycles. The first-order valence-electron chi connectivity index (χ1n) is 9.47. The van der Waals surface area contributed by atoms with Gasteiger partial charge in [0.2, 0.25) is 0 Å². The van der Waals surface area contributed by atoms with E-state index in [0.717, 1.165) is 0 Å². The molecule has 0 aliphatic heterocycles. The van der Waals surface area contributed by atoms with Crippen LogP contribution in [0.4, 0.5) is 11.4 Å². The molecule has 0 bridgehead atoms. The molecule has 0 saturated heterocycles. The molecule has 0 aliphatic rings. The van der Waals surface area contributed by atoms with Gasteiger partial charge in [0.25, 0.3) is 15.9 Å². The van der Waals surface area contributed by atoms with Crippen molar-refractivity contribution >= 4 is 38.3 Å². The van der Waals surface area contributed by atoms with Crippen molar-refractivity contribution < 1.29 is 22.4 Å². The van der Waals surface area contributed by atoms with Crippen molar-refractivity contribution in [3.63, 3.8) is 0 Å². The number of amides is 1. The Bertz CT molecular complexity index is 1440. The molecular formula is C23H18N2O6S. The Labute approximate surface area is 183 Å². The molecule has 0 saturated carbocycles. The van der Waals surface area contributed by atoms with Gasteiger partial charge in [0.15, 0.2) is 0 Å². The summed E-state index contributed by atoms with van der Waals surface area (Å²) in [6.45, 7) is 0. The molecule has 4 aromatic rings. The van der Waals surface area contributed by atoms with Crippen LogP contribution in [0.2, 0.25) is 0 Å². The zero-order chi connectivity index (χ0) is 22.7. The van der Waals surface area contributed by atoms with Gasteiger partial charge < -0.3 is 14.5 Å². The summed E-state index contributed by atoms with van der Waals surface area (Å²) in [6, 6.07) is 20.3. The van der Waals surface area contributed by atoms with E-state index in [-0.39, 0.29) is 10.5 Å². The van der Waals surface area contributed by atoms with Crippen LogP contribution in [0.1, 0.15) is 10.4 Å². The molecule has 1 heterocycles. The molecule has 0 aliphatic carbocycles. The predicted octanol–water partition coefficient (Wildman–Crippen LogP) is 3.85. The Morgan fingerprint density at radius 1 is 0.906 bits per heavy atom. The number of hydrogen-bond acceptors (Lipinski definition) is 6. The number of ether oxygens (including phenoxy) is 1. The van der Waals surface area contributed by atoms with Crippen LogP contribution in [-0.4, -0.2) is 21.4 Å². The molecule has 0 spiro atoms. The lowest BCUT2D eigenvalue weighted by Crippen LogP contribution is -2.20. The lowest BCUT2D eigenvalue weighted by atomic mass is 10.1. The first-order chi connectivity index (χ1) is 15.4. The summed E-state index contributed by atoms with van der Waals surface area (Å²) >= 11 is 0. The topological polar surface area (TPSA) is 115 Å². The lowest BCUT2D eigenvalue weighted by Gasteiger charge is -2.10. The van der Waals surface area contributed by atoms with E-state index in [4.69, 9.17) is 9.15 Å². The lowest BCUT2D eigenvalue weighted by molar-refractivity contribution is 0.102. The minimum absolute atomic E-state index is 0.0107. The van der Waals surface area contributed by atoms with E-state index >= 15 is 0 Å². The van der Waals surface area contributed by atoms with E-state index in [1.54, 1.807) is 48.5 Å². The van der Waals surface area contributed by atoms with Crippen LogP contribution in [-0.2, 0) is 10.0 Å². The van der Waals surface area contributed by atoms with Gasteiger partial charge in [-0.05, 0) is 60.7 Å². The minimum atomic E-state index is -3.83. The summed E-state index contributed by atoms with van der Waals surface area (Å²) in [5, 5.41) is 3.19. The highest BCUT2D eigenvalue weighted by molar-refractivity contribution is 7.92. The Morgan fingerprint density at radius 3 is 2.25 bits per heavy atom. The normalized spacial score (nSPS) is 11.2. The molecule has 1 amide bonds. The number of nitrogens with one attached hydrogen (secondary N) is 2. The molecule has 0 radical (unpaired) electrons. The molecule has 0 atom stereocenters. The van der Waals surface area contributed by atoms with Crippen LogP contribution >= 0.6 is 0 Å². The maximum absolute atomic E-state index is 12.6. The quantitative estimate of drug-likeness (QED) is 0.431. The number of para-hydroxylation sites is 1. The Hall–Kier alpha value is -4.11. The van der Waals surface area contributed by atoms with Crippen molar-refractivity contribution in [2.24, 2.45) is 0 Å². The average Bonchev–Trinajstić information content (AvgIpc) is 2.79. The first-order valence-corrected chi connectivity index (χ1v) is 11.0. The molecule has 162 valence electrons. The minimum Gasteiger partial charge on any atom is -0.497 e. The molecular weight excluding hydrogens is 432 g/mol. The first kappa shape index (κ1) is 21.1. The van der Waals surface area contributed by atoms with Crippen molar-refractivity contribution in [3.8, 4) is 5.75 Å². The Kier molecular flexibility index (Phi) is 5.65. The number of sulfonamides is 1. The van der Waals surface area contributed by atoms with Gasteiger partial charge in [0.1, 0.15) is 16.9 Å². The molecule has 0 fully saturated rings. The zero-order valence-electron chi connectivity index (χ0n) is 16.9. The van der Waals surface area contributed by atoms with E-state index in [1.807, 2.05) is 0 Å². The second-order valence-electron chi connectivity index (χ2n) is 6.80. The highest BCUT2D eigenvalue weighted by atomic mass is 32.2. The van der Waals surface area contributed by atoms with Gasteiger partial charge in [-0.15, -0.1) is 0 Å². The van der Waals surface area contributed by atoms with Gasteiger partial charge in [-0.1, -0.05) is 18.2 Å². The van der Waals surface area contributed by atoms with Gasteiger partial charge >= 0.3 is 5.63 Å². The third-order valence-corrected chi connectivity index (χ3v) is 6.05. The van der Waals surface area contributed by atoms with E-state index in [2.05, 4.69) is 10.0 Å². The molecule has 8 nitrogen and oxygen atoms in total. The molecule has 9 heteroatoms. The maximum atomic E-state index is 12.6. The summed E-state index contributed by atoms with van der Waals surface area (Å²) in [4.78, 5) is 24.7. The summed E-state index contributed by atoms with van der Waals surface area (Å²) in [5.41, 5.74) is 0.177. The highest BCUT2D eigenvalue weighted by Gasteiger charge is 2.16. The fraction of sp³-hybridized carbons (Fsp3) is 0.0435. The van der Waals surface area contributed by atoms with Crippen LogP contribution in [0.25, 0.3) is 11.0 Å². The molecule has 32 heavy (non-hydrogen) atoms. The maximum Gasteiger partial charge on any atom is 0.349 e. The summed E-state index contributed by atoms with van der Waals surface area (Å²) in [6.07, 6.45) is 0.